The summed E-state index contributed by atoms with van der Waals surface area (Å²) >= 11 is 1.46. The van der Waals surface area contributed by atoms with Crippen LogP contribution in [0.2, 0.25) is 0 Å². The van der Waals surface area contributed by atoms with Gasteiger partial charge in [0.05, 0.1) is 0 Å². The van der Waals surface area contributed by atoms with Crippen LogP contribution in [0, 0.1) is 35.2 Å². The van der Waals surface area contributed by atoms with E-state index in [-0.39, 0.29) is 12.0 Å². The number of allylic oxidation sites excluding steroid dienone is 4. The number of benzene rings is 5. The van der Waals surface area contributed by atoms with E-state index in [1.165, 1.54) is 72.3 Å². The van der Waals surface area contributed by atoms with Crippen molar-refractivity contribution in [3.05, 3.63) is 179 Å². The van der Waals surface area contributed by atoms with Crippen molar-refractivity contribution in [1.29, 1.82) is 0 Å². The molecule has 0 atom stereocenters. The number of halogens is 5. The van der Waals surface area contributed by atoms with Crippen molar-refractivity contribution in [3.63, 3.8) is 0 Å². The molecule has 6 aromatic rings. The average Bonchev–Trinajstić information content (AvgIpc) is 3.73. The normalized spacial score (nSPS) is 11.9. The van der Waals surface area contributed by atoms with Crippen molar-refractivity contribution in [3.8, 4) is 0 Å². The Morgan fingerprint density at radius 3 is 1.42 bits per heavy atom. The van der Waals surface area contributed by atoms with E-state index in [2.05, 4.69) is 121 Å². The van der Waals surface area contributed by atoms with Crippen LogP contribution in [-0.4, -0.2) is 3.21 Å². The Kier molecular flexibility index (Phi) is 9.79. The molecule has 0 bridgehead atoms. The third-order valence-corrected chi connectivity index (χ3v) is 8.24. The van der Waals surface area contributed by atoms with Crippen molar-refractivity contribution in [2.24, 2.45) is 0 Å². The Bertz CT molecular complexity index is 1830. The molecule has 0 amide bonds. The van der Waals surface area contributed by atoms with Gasteiger partial charge < -0.3 is 0 Å². The van der Waals surface area contributed by atoms with Crippen LogP contribution < -0.4 is 0 Å². The molecule has 210 valence electrons. The van der Waals surface area contributed by atoms with Gasteiger partial charge in [-0.05, 0) is 0 Å². The van der Waals surface area contributed by atoms with Crippen molar-refractivity contribution in [2.75, 3.05) is 0 Å². The second-order valence-corrected chi connectivity index (χ2v) is 10.8. The van der Waals surface area contributed by atoms with Crippen LogP contribution in [0.5, 0.6) is 0 Å². The second-order valence-electron chi connectivity index (χ2n) is 9.57. The molecule has 0 saturated heterocycles. The molecule has 0 nitrogen and oxygen atoms in total. The Morgan fingerprint density at radius 1 is 0.558 bits per heavy atom. The first-order valence-corrected chi connectivity index (χ1v) is 14.6. The minimum atomic E-state index is -2.15. The summed E-state index contributed by atoms with van der Waals surface area (Å²) in [6, 6.07) is 40.4. The molecule has 0 unspecified atom stereocenters. The SMILES string of the molecule is Fc1c(F)c(F)c(C2=[C-]CC=C2)c(F)c1F.[Zr+2]=[C](c1ccccc1)c1ccccc1.c1ccc2c(c1)[cH-]c1ccccc12. The molecule has 7 rings (SSSR count). The molecule has 0 aliphatic heterocycles. The maximum absolute atomic E-state index is 13.2. The van der Waals surface area contributed by atoms with E-state index in [0.717, 1.165) is 0 Å². The van der Waals surface area contributed by atoms with E-state index in [4.69, 9.17) is 0 Å². The third-order valence-electron chi connectivity index (χ3n) is 6.82. The molecule has 1 aliphatic carbocycles. The summed E-state index contributed by atoms with van der Waals surface area (Å²) in [6.45, 7) is 0. The largest absolute Gasteiger partial charge is 0.126 e. The van der Waals surface area contributed by atoms with Crippen LogP contribution in [-0.2, 0) is 24.2 Å². The van der Waals surface area contributed by atoms with Crippen molar-refractivity contribution in [2.45, 2.75) is 6.42 Å². The summed E-state index contributed by atoms with van der Waals surface area (Å²) in [5.41, 5.74) is 1.62. The summed E-state index contributed by atoms with van der Waals surface area (Å²) in [5.74, 6) is -9.69. The molecule has 0 saturated carbocycles. The zero-order chi connectivity index (χ0) is 30.3. The zero-order valence-corrected chi connectivity index (χ0v) is 25.2. The van der Waals surface area contributed by atoms with Crippen molar-refractivity contribution < 1.29 is 46.2 Å². The number of rotatable bonds is 3. The first-order valence-electron chi connectivity index (χ1n) is 13.4. The van der Waals surface area contributed by atoms with Gasteiger partial charge in [-0.2, -0.15) is 17.7 Å². The predicted octanol–water partition coefficient (Wildman–Crippen LogP) is 10.0. The first kappa shape index (κ1) is 30.3. The summed E-state index contributed by atoms with van der Waals surface area (Å²) < 4.78 is 66.3. The maximum Gasteiger partial charge on any atom is -0.0771 e. The Hall–Kier alpha value is -4.15. The van der Waals surface area contributed by atoms with Gasteiger partial charge in [-0.25, -0.2) is 22.0 Å². The molecule has 0 fully saturated rings. The van der Waals surface area contributed by atoms with Gasteiger partial charge in [0.15, 0.2) is 17.5 Å². The minimum absolute atomic E-state index is 0.118. The van der Waals surface area contributed by atoms with Gasteiger partial charge in [0.1, 0.15) is 11.6 Å². The van der Waals surface area contributed by atoms with Gasteiger partial charge in [0.25, 0.3) is 0 Å². The zero-order valence-electron chi connectivity index (χ0n) is 22.7. The Balaban J connectivity index is 0.000000129. The second kappa shape index (κ2) is 13.9. The third kappa shape index (κ3) is 6.76. The minimum Gasteiger partial charge on any atom is -0.126 e. The molecule has 6 heteroatoms. The van der Waals surface area contributed by atoms with Crippen LogP contribution in [0.15, 0.2) is 127 Å². The average molecular weight is 654 g/mol. The molecule has 0 spiro atoms. The molecule has 0 radical (unpaired) electrons. The van der Waals surface area contributed by atoms with Gasteiger partial charge >= 0.3 is 99.2 Å². The van der Waals surface area contributed by atoms with E-state index >= 15 is 0 Å². The number of fused-ring (bicyclic) bond motifs is 3. The smallest absolute Gasteiger partial charge is 0.0771 e. The first-order chi connectivity index (χ1) is 20.9. The number of hydrogen-bond donors (Lipinski definition) is 0. The van der Waals surface area contributed by atoms with Gasteiger partial charge in [-0.3, -0.25) is 0 Å². The number of hydrogen-bond acceptors (Lipinski definition) is 0. The van der Waals surface area contributed by atoms with E-state index in [1.54, 1.807) is 0 Å². The fourth-order valence-corrected chi connectivity index (χ4v) is 5.52. The van der Waals surface area contributed by atoms with Crippen LogP contribution in [0.4, 0.5) is 22.0 Å². The topological polar surface area (TPSA) is 0 Å². The van der Waals surface area contributed by atoms with Crippen LogP contribution >= 0.6 is 0 Å². The molecular formula is C37H23F5Zr. The Labute approximate surface area is 261 Å². The van der Waals surface area contributed by atoms with Crippen LogP contribution in [0.1, 0.15) is 23.1 Å². The quantitative estimate of drug-likeness (QED) is 0.0772. The predicted molar refractivity (Wildman–Crippen MR) is 160 cm³/mol. The van der Waals surface area contributed by atoms with Gasteiger partial charge in [-0.15, -0.1) is 45.8 Å². The van der Waals surface area contributed by atoms with Gasteiger partial charge in [0.2, 0.25) is 0 Å². The molecule has 0 N–H and O–H groups in total. The van der Waals surface area contributed by atoms with E-state index in [1.807, 2.05) is 0 Å². The van der Waals surface area contributed by atoms with E-state index in [9.17, 15) is 22.0 Å². The maximum atomic E-state index is 13.2. The molecule has 43 heavy (non-hydrogen) atoms. The van der Waals surface area contributed by atoms with E-state index < -0.39 is 34.6 Å². The summed E-state index contributed by atoms with van der Waals surface area (Å²) in [7, 11) is 0. The standard InChI is InChI=1S/C13H9.C13H10.C11H4F5.Zr/c1-3-7-12-10(5-1)9-11-6-2-4-8-13(11)12;1-3-7-12(8-4-1)11-13-9-5-2-6-10-13;12-7-6(5-3-1-2-4-5)8(13)10(15)11(16)9(7)14;/h1-9H;1-10H;1,3H,2H2;/q-1;;-1;+2. The van der Waals surface area contributed by atoms with E-state index in [0.29, 0.717) is 0 Å². The van der Waals surface area contributed by atoms with Crippen LogP contribution in [0.25, 0.3) is 27.1 Å². The fourth-order valence-electron chi connectivity index (χ4n) is 4.70. The van der Waals surface area contributed by atoms with Crippen molar-refractivity contribution in [1.82, 2.24) is 0 Å². The van der Waals surface area contributed by atoms with Crippen LogP contribution in [0.3, 0.4) is 0 Å². The van der Waals surface area contributed by atoms with Gasteiger partial charge in [-0.1, -0.05) is 48.4 Å². The summed E-state index contributed by atoms with van der Waals surface area (Å²) in [6.07, 6.45) is 5.55. The molecule has 0 heterocycles. The van der Waals surface area contributed by atoms with Gasteiger partial charge in [0, 0.05) is 0 Å². The molecule has 6 aromatic carbocycles. The molecule has 1 aliphatic rings. The monoisotopic (exact) mass is 652 g/mol. The Morgan fingerprint density at radius 2 is 0.977 bits per heavy atom. The molecule has 0 aromatic heterocycles. The summed E-state index contributed by atoms with van der Waals surface area (Å²) in [5, 5.41) is 5.39. The fraction of sp³-hybridized carbons (Fsp3) is 0.0270. The molecular weight excluding hydrogens is 631 g/mol. The van der Waals surface area contributed by atoms with Crippen molar-refractivity contribution >= 4 is 30.3 Å². The summed E-state index contributed by atoms with van der Waals surface area (Å²) in [4.78, 5) is 0.